The number of nitrogens with one attached hydrogen (secondary N) is 2. The van der Waals surface area contributed by atoms with Gasteiger partial charge in [-0.15, -0.1) is 0 Å². The number of fused-ring (bicyclic) bond motifs is 1. The summed E-state index contributed by atoms with van der Waals surface area (Å²) in [6.07, 6.45) is 1.14. The molecule has 1 aliphatic rings. The summed E-state index contributed by atoms with van der Waals surface area (Å²) in [6, 6.07) is 8.52. The third-order valence-corrected chi connectivity index (χ3v) is 3.56. The minimum atomic E-state index is -0.337. The highest BCUT2D eigenvalue weighted by atomic mass is 19.1. The Labute approximate surface area is 122 Å². The Bertz CT molecular complexity index is 728. The summed E-state index contributed by atoms with van der Waals surface area (Å²) in [4.78, 5) is 11.4. The molecule has 0 spiro atoms. The van der Waals surface area contributed by atoms with E-state index >= 15 is 0 Å². The third kappa shape index (κ3) is 2.67. The van der Waals surface area contributed by atoms with Gasteiger partial charge in [-0.3, -0.25) is 4.79 Å². The van der Waals surface area contributed by atoms with E-state index in [-0.39, 0.29) is 11.7 Å². The molecule has 3 rings (SSSR count). The Balaban J connectivity index is 1.95. The van der Waals surface area contributed by atoms with Crippen LogP contribution in [0, 0.1) is 12.7 Å². The van der Waals surface area contributed by atoms with Crippen molar-refractivity contribution < 1.29 is 9.18 Å². The first kappa shape index (κ1) is 13.4. The molecule has 1 heterocycles. The van der Waals surface area contributed by atoms with Crippen LogP contribution in [0.15, 0.2) is 30.3 Å². The lowest BCUT2D eigenvalue weighted by atomic mass is 10.0. The molecule has 0 atom stereocenters. The van der Waals surface area contributed by atoms with Crippen LogP contribution in [-0.4, -0.2) is 5.91 Å². The number of benzene rings is 2. The van der Waals surface area contributed by atoms with E-state index in [0.717, 1.165) is 16.8 Å². The van der Waals surface area contributed by atoms with Crippen LogP contribution in [0.2, 0.25) is 0 Å². The fourth-order valence-corrected chi connectivity index (χ4v) is 2.42. The zero-order valence-corrected chi connectivity index (χ0v) is 11.7. The fourth-order valence-electron chi connectivity index (χ4n) is 2.42. The molecule has 0 aromatic heterocycles. The van der Waals surface area contributed by atoms with Crippen molar-refractivity contribution in [1.29, 1.82) is 0 Å². The topological polar surface area (TPSA) is 67.1 Å². The Kier molecular flexibility index (Phi) is 3.25. The fraction of sp³-hybridized carbons (Fsp3) is 0.188. The standard InChI is InChI=1S/C16H16FN3O/c1-9-2-4-13(11(17)6-9)19-15-8-14-10(7-12(15)18)3-5-16(21)20-14/h2,4,6-8,19H,3,5,18H2,1H3,(H,20,21). The molecule has 0 unspecified atom stereocenters. The number of carbonyl (C=O) groups excluding carboxylic acids is 1. The van der Waals surface area contributed by atoms with Gasteiger partial charge in [0.05, 0.1) is 17.1 Å². The van der Waals surface area contributed by atoms with Crippen LogP contribution >= 0.6 is 0 Å². The number of halogens is 1. The molecule has 0 saturated heterocycles. The molecule has 0 aliphatic carbocycles. The van der Waals surface area contributed by atoms with Crippen molar-refractivity contribution in [2.75, 3.05) is 16.4 Å². The summed E-state index contributed by atoms with van der Waals surface area (Å²) in [5.74, 6) is -0.351. The van der Waals surface area contributed by atoms with Gasteiger partial charge in [-0.1, -0.05) is 6.07 Å². The number of carbonyl (C=O) groups is 1. The van der Waals surface area contributed by atoms with Gasteiger partial charge < -0.3 is 16.4 Å². The Morgan fingerprint density at radius 3 is 2.76 bits per heavy atom. The van der Waals surface area contributed by atoms with Crippen molar-refractivity contribution in [1.82, 2.24) is 0 Å². The summed E-state index contributed by atoms with van der Waals surface area (Å²) in [7, 11) is 0. The van der Waals surface area contributed by atoms with Gasteiger partial charge in [-0.25, -0.2) is 4.39 Å². The lowest BCUT2D eigenvalue weighted by Crippen LogP contribution is -2.19. The van der Waals surface area contributed by atoms with Crippen molar-refractivity contribution in [3.05, 3.63) is 47.3 Å². The highest BCUT2D eigenvalue weighted by Crippen LogP contribution is 2.33. The second kappa shape index (κ2) is 5.09. The summed E-state index contributed by atoms with van der Waals surface area (Å²) in [6.45, 7) is 1.83. The average molecular weight is 285 g/mol. The predicted molar refractivity (Wildman–Crippen MR) is 82.2 cm³/mol. The number of hydrogen-bond acceptors (Lipinski definition) is 3. The molecule has 0 saturated carbocycles. The van der Waals surface area contributed by atoms with Gasteiger partial charge in [0.15, 0.2) is 0 Å². The maximum absolute atomic E-state index is 13.9. The van der Waals surface area contributed by atoms with E-state index in [1.807, 2.05) is 19.1 Å². The van der Waals surface area contributed by atoms with Gasteiger partial charge in [0, 0.05) is 12.1 Å². The van der Waals surface area contributed by atoms with Crippen molar-refractivity contribution in [2.24, 2.45) is 0 Å². The first-order valence-corrected chi connectivity index (χ1v) is 6.78. The summed E-state index contributed by atoms with van der Waals surface area (Å²) >= 11 is 0. The van der Waals surface area contributed by atoms with Gasteiger partial charge in [0.2, 0.25) is 5.91 Å². The highest BCUT2D eigenvalue weighted by Gasteiger charge is 2.17. The molecule has 108 valence electrons. The molecule has 1 aliphatic heterocycles. The van der Waals surface area contributed by atoms with Crippen LogP contribution in [0.25, 0.3) is 0 Å². The Morgan fingerprint density at radius 1 is 1.19 bits per heavy atom. The number of nitrogens with two attached hydrogens (primary N) is 1. The van der Waals surface area contributed by atoms with Crippen LogP contribution in [0.4, 0.5) is 27.1 Å². The number of rotatable bonds is 2. The quantitative estimate of drug-likeness (QED) is 0.741. The van der Waals surface area contributed by atoms with E-state index in [1.165, 1.54) is 6.07 Å². The second-order valence-corrected chi connectivity index (χ2v) is 5.25. The largest absolute Gasteiger partial charge is 0.397 e. The van der Waals surface area contributed by atoms with Gasteiger partial charge in [-0.05, 0) is 48.7 Å². The number of anilines is 4. The number of amides is 1. The van der Waals surface area contributed by atoms with E-state index in [2.05, 4.69) is 10.6 Å². The smallest absolute Gasteiger partial charge is 0.224 e. The van der Waals surface area contributed by atoms with Crippen LogP contribution in [0.5, 0.6) is 0 Å². The zero-order chi connectivity index (χ0) is 15.0. The third-order valence-electron chi connectivity index (χ3n) is 3.56. The van der Waals surface area contributed by atoms with Crippen LogP contribution in [0.1, 0.15) is 17.5 Å². The summed E-state index contributed by atoms with van der Waals surface area (Å²) < 4.78 is 13.9. The van der Waals surface area contributed by atoms with Gasteiger partial charge in [0.25, 0.3) is 0 Å². The number of hydrogen-bond donors (Lipinski definition) is 3. The molecule has 1 amide bonds. The SMILES string of the molecule is Cc1ccc(Nc2cc3c(cc2N)CCC(=O)N3)c(F)c1. The van der Waals surface area contributed by atoms with Gasteiger partial charge in [-0.2, -0.15) is 0 Å². The van der Waals surface area contributed by atoms with Crippen molar-refractivity contribution in [2.45, 2.75) is 19.8 Å². The maximum Gasteiger partial charge on any atom is 0.224 e. The lowest BCUT2D eigenvalue weighted by molar-refractivity contribution is -0.116. The minimum absolute atomic E-state index is 0.0141. The van der Waals surface area contributed by atoms with Crippen LogP contribution < -0.4 is 16.4 Å². The zero-order valence-electron chi connectivity index (χ0n) is 11.7. The van der Waals surface area contributed by atoms with E-state index in [9.17, 15) is 9.18 Å². The van der Waals surface area contributed by atoms with Crippen LogP contribution in [-0.2, 0) is 11.2 Å². The first-order chi connectivity index (χ1) is 10.0. The average Bonchev–Trinajstić information content (AvgIpc) is 2.43. The summed E-state index contributed by atoms with van der Waals surface area (Å²) in [5, 5.41) is 5.79. The summed E-state index contributed by atoms with van der Waals surface area (Å²) in [5.41, 5.74) is 10.1. The van der Waals surface area contributed by atoms with E-state index in [0.29, 0.717) is 29.9 Å². The van der Waals surface area contributed by atoms with Crippen molar-refractivity contribution in [3.63, 3.8) is 0 Å². The molecule has 4 N–H and O–H groups in total. The molecule has 4 nitrogen and oxygen atoms in total. The highest BCUT2D eigenvalue weighted by molar-refractivity contribution is 5.96. The molecule has 2 aromatic carbocycles. The monoisotopic (exact) mass is 285 g/mol. The second-order valence-electron chi connectivity index (χ2n) is 5.25. The molecule has 0 fully saturated rings. The predicted octanol–water partition coefficient (Wildman–Crippen LogP) is 3.34. The molecular weight excluding hydrogens is 269 g/mol. The molecule has 0 radical (unpaired) electrons. The van der Waals surface area contributed by atoms with E-state index in [1.54, 1.807) is 12.1 Å². The normalized spacial score (nSPS) is 13.5. The molecular formula is C16H16FN3O. The molecule has 21 heavy (non-hydrogen) atoms. The molecule has 0 bridgehead atoms. The number of nitrogen functional groups attached to an aromatic ring is 1. The van der Waals surface area contributed by atoms with Crippen molar-refractivity contribution in [3.8, 4) is 0 Å². The Morgan fingerprint density at radius 2 is 2.00 bits per heavy atom. The van der Waals surface area contributed by atoms with Crippen LogP contribution in [0.3, 0.4) is 0 Å². The maximum atomic E-state index is 13.9. The van der Waals surface area contributed by atoms with E-state index < -0.39 is 0 Å². The van der Waals surface area contributed by atoms with Gasteiger partial charge in [0.1, 0.15) is 5.82 Å². The minimum Gasteiger partial charge on any atom is -0.397 e. The van der Waals surface area contributed by atoms with Crippen molar-refractivity contribution >= 4 is 28.7 Å². The molecule has 2 aromatic rings. The van der Waals surface area contributed by atoms with E-state index in [4.69, 9.17) is 5.73 Å². The Hall–Kier alpha value is -2.56. The molecule has 5 heteroatoms. The number of aryl methyl sites for hydroxylation is 2. The first-order valence-electron chi connectivity index (χ1n) is 6.78. The van der Waals surface area contributed by atoms with Gasteiger partial charge >= 0.3 is 0 Å². The lowest BCUT2D eigenvalue weighted by Gasteiger charge is -2.20.